The summed E-state index contributed by atoms with van der Waals surface area (Å²) < 4.78 is 0.784. The normalized spacial score (nSPS) is 15.5. The Morgan fingerprint density at radius 1 is 1.22 bits per heavy atom. The summed E-state index contributed by atoms with van der Waals surface area (Å²) in [5, 5.41) is 0. The zero-order chi connectivity index (χ0) is 12.8. The molecule has 18 heavy (non-hydrogen) atoms. The van der Waals surface area contributed by atoms with E-state index in [4.69, 9.17) is 0 Å². The monoisotopic (exact) mass is 309 g/mol. The van der Waals surface area contributed by atoms with E-state index in [0.29, 0.717) is 5.56 Å². The van der Waals surface area contributed by atoms with E-state index >= 15 is 0 Å². The minimum absolute atomic E-state index is 0.158. The highest BCUT2D eigenvalue weighted by molar-refractivity contribution is 9.10. The van der Waals surface area contributed by atoms with Crippen molar-refractivity contribution in [3.05, 3.63) is 34.3 Å². The standard InChI is InChI=1S/C13H16BrN3O/c14-11-7-4-3-6-10(11)13(18)17-16-12-8-2-1-5-9-15-12/h3-4,6-7H,1-2,5,8-9H2,(H,15,16)(H,17,18). The molecule has 0 radical (unpaired) electrons. The van der Waals surface area contributed by atoms with Crippen LogP contribution < -0.4 is 10.9 Å². The second-order valence-corrected chi connectivity index (χ2v) is 5.05. The van der Waals surface area contributed by atoms with Gasteiger partial charge in [-0.15, -0.1) is 0 Å². The molecule has 0 bridgehead atoms. The van der Waals surface area contributed by atoms with Gasteiger partial charge in [0.05, 0.1) is 5.56 Å². The molecular formula is C13H16BrN3O. The van der Waals surface area contributed by atoms with Crippen molar-refractivity contribution in [2.75, 3.05) is 6.54 Å². The lowest BCUT2D eigenvalue weighted by atomic mass is 10.2. The van der Waals surface area contributed by atoms with Crippen molar-refractivity contribution < 1.29 is 4.79 Å². The van der Waals surface area contributed by atoms with Crippen LogP contribution in [-0.2, 0) is 0 Å². The Bertz CT molecular complexity index is 459. The number of amides is 1. The maximum absolute atomic E-state index is 11.9. The number of aliphatic imine (C=N–C) groups is 1. The Morgan fingerprint density at radius 3 is 2.89 bits per heavy atom. The predicted octanol–water partition coefficient (Wildman–Crippen LogP) is 2.66. The fraction of sp³-hybridized carbons (Fsp3) is 0.385. The zero-order valence-electron chi connectivity index (χ0n) is 10.1. The minimum atomic E-state index is -0.158. The second-order valence-electron chi connectivity index (χ2n) is 4.20. The molecule has 1 aliphatic rings. The molecule has 5 heteroatoms. The van der Waals surface area contributed by atoms with E-state index in [9.17, 15) is 4.79 Å². The number of rotatable bonds is 1. The topological polar surface area (TPSA) is 53.5 Å². The van der Waals surface area contributed by atoms with Crippen LogP contribution in [0, 0.1) is 0 Å². The van der Waals surface area contributed by atoms with Gasteiger partial charge in [0.15, 0.2) is 0 Å². The van der Waals surface area contributed by atoms with E-state index in [1.54, 1.807) is 6.07 Å². The molecule has 1 heterocycles. The van der Waals surface area contributed by atoms with E-state index in [1.807, 2.05) is 18.2 Å². The van der Waals surface area contributed by atoms with E-state index in [-0.39, 0.29) is 5.91 Å². The first kappa shape index (κ1) is 13.1. The van der Waals surface area contributed by atoms with E-state index in [0.717, 1.165) is 36.1 Å². The molecule has 0 atom stereocenters. The second kappa shape index (κ2) is 6.54. The summed E-state index contributed by atoms with van der Waals surface area (Å²) in [6, 6.07) is 7.33. The van der Waals surface area contributed by atoms with E-state index in [1.165, 1.54) is 6.42 Å². The summed E-state index contributed by atoms with van der Waals surface area (Å²) in [4.78, 5) is 16.3. The number of carbonyl (C=O) groups excluding carboxylic acids is 1. The number of hydrazine groups is 1. The van der Waals surface area contributed by atoms with Crippen LogP contribution in [0.5, 0.6) is 0 Å². The summed E-state index contributed by atoms with van der Waals surface area (Å²) in [5.74, 6) is 0.710. The first-order valence-corrected chi connectivity index (χ1v) is 6.91. The van der Waals surface area contributed by atoms with Crippen LogP contribution in [0.1, 0.15) is 36.0 Å². The zero-order valence-corrected chi connectivity index (χ0v) is 11.7. The van der Waals surface area contributed by atoms with Gasteiger partial charge in [-0.1, -0.05) is 18.6 Å². The lowest BCUT2D eigenvalue weighted by molar-refractivity contribution is 0.0942. The molecule has 0 unspecified atom stereocenters. The Kier molecular flexibility index (Phi) is 4.75. The Labute approximate surface area is 115 Å². The molecule has 0 fully saturated rings. The first-order chi connectivity index (χ1) is 8.77. The molecule has 2 N–H and O–H groups in total. The summed E-state index contributed by atoms with van der Waals surface area (Å²) in [5.41, 5.74) is 6.21. The van der Waals surface area contributed by atoms with Crippen LogP contribution in [0.4, 0.5) is 0 Å². The number of hydrogen-bond acceptors (Lipinski definition) is 3. The van der Waals surface area contributed by atoms with Crippen molar-refractivity contribution in [1.29, 1.82) is 0 Å². The summed E-state index contributed by atoms with van der Waals surface area (Å²) in [6.07, 6.45) is 4.35. The first-order valence-electron chi connectivity index (χ1n) is 6.11. The SMILES string of the molecule is O=C(NNC1=NCCCCC1)c1ccccc1Br. The van der Waals surface area contributed by atoms with Crippen LogP contribution in [0.25, 0.3) is 0 Å². The molecule has 0 saturated heterocycles. The van der Waals surface area contributed by atoms with E-state index < -0.39 is 0 Å². The fourth-order valence-electron chi connectivity index (χ4n) is 1.82. The Hall–Kier alpha value is -1.36. The van der Waals surface area contributed by atoms with Gasteiger partial charge >= 0.3 is 0 Å². The van der Waals surface area contributed by atoms with Crippen LogP contribution in [-0.4, -0.2) is 18.3 Å². The Morgan fingerprint density at radius 2 is 2.06 bits per heavy atom. The number of amidine groups is 1. The molecule has 0 spiro atoms. The number of hydrogen-bond donors (Lipinski definition) is 2. The van der Waals surface area contributed by atoms with Crippen LogP contribution in [0.3, 0.4) is 0 Å². The van der Waals surface area contributed by atoms with Gasteiger partial charge in [-0.2, -0.15) is 0 Å². The molecule has 4 nitrogen and oxygen atoms in total. The van der Waals surface area contributed by atoms with E-state index in [2.05, 4.69) is 31.8 Å². The average Bonchev–Trinajstić information content (AvgIpc) is 2.65. The maximum Gasteiger partial charge on any atom is 0.270 e. The summed E-state index contributed by atoms with van der Waals surface area (Å²) >= 11 is 3.36. The van der Waals surface area contributed by atoms with Gasteiger partial charge in [0.2, 0.25) is 0 Å². The van der Waals surface area contributed by atoms with Crippen LogP contribution in [0.2, 0.25) is 0 Å². The van der Waals surface area contributed by atoms with Crippen molar-refractivity contribution in [3.8, 4) is 0 Å². The Balaban J connectivity index is 1.92. The molecule has 0 aromatic heterocycles. The molecule has 1 aliphatic heterocycles. The number of carbonyl (C=O) groups is 1. The largest absolute Gasteiger partial charge is 0.285 e. The molecular weight excluding hydrogens is 294 g/mol. The van der Waals surface area contributed by atoms with Crippen molar-refractivity contribution in [1.82, 2.24) is 10.9 Å². The molecule has 1 amide bonds. The third-order valence-electron chi connectivity index (χ3n) is 2.81. The van der Waals surface area contributed by atoms with Gasteiger partial charge < -0.3 is 0 Å². The summed E-state index contributed by atoms with van der Waals surface area (Å²) in [6.45, 7) is 0.841. The lowest BCUT2D eigenvalue weighted by Gasteiger charge is -2.10. The maximum atomic E-state index is 11.9. The molecule has 0 saturated carbocycles. The van der Waals surface area contributed by atoms with Crippen molar-refractivity contribution >= 4 is 27.7 Å². The fourth-order valence-corrected chi connectivity index (χ4v) is 2.28. The van der Waals surface area contributed by atoms with Crippen molar-refractivity contribution in [2.24, 2.45) is 4.99 Å². The average molecular weight is 310 g/mol. The number of nitrogens with zero attached hydrogens (tertiary/aromatic N) is 1. The molecule has 2 rings (SSSR count). The smallest absolute Gasteiger partial charge is 0.270 e. The van der Waals surface area contributed by atoms with Gasteiger partial charge in [0, 0.05) is 17.4 Å². The third-order valence-corrected chi connectivity index (χ3v) is 3.50. The van der Waals surface area contributed by atoms with Gasteiger partial charge in [-0.3, -0.25) is 20.6 Å². The van der Waals surface area contributed by atoms with Gasteiger partial charge in [-0.25, -0.2) is 0 Å². The number of nitrogens with one attached hydrogen (secondary N) is 2. The number of benzene rings is 1. The number of halogens is 1. The van der Waals surface area contributed by atoms with Crippen molar-refractivity contribution in [2.45, 2.75) is 25.7 Å². The van der Waals surface area contributed by atoms with Gasteiger partial charge in [-0.05, 0) is 40.9 Å². The predicted molar refractivity (Wildman–Crippen MR) is 75.5 cm³/mol. The quantitative estimate of drug-likeness (QED) is 0.784. The molecule has 1 aromatic rings. The van der Waals surface area contributed by atoms with Gasteiger partial charge in [0.1, 0.15) is 5.84 Å². The van der Waals surface area contributed by atoms with Crippen molar-refractivity contribution in [3.63, 3.8) is 0 Å². The molecule has 0 aliphatic carbocycles. The highest BCUT2D eigenvalue weighted by Crippen LogP contribution is 2.15. The highest BCUT2D eigenvalue weighted by atomic mass is 79.9. The lowest BCUT2D eigenvalue weighted by Crippen LogP contribution is -2.41. The van der Waals surface area contributed by atoms with Crippen LogP contribution >= 0.6 is 15.9 Å². The van der Waals surface area contributed by atoms with Gasteiger partial charge in [0.25, 0.3) is 5.91 Å². The minimum Gasteiger partial charge on any atom is -0.285 e. The highest BCUT2D eigenvalue weighted by Gasteiger charge is 2.10. The van der Waals surface area contributed by atoms with Crippen LogP contribution in [0.15, 0.2) is 33.7 Å². The molecule has 96 valence electrons. The molecule has 1 aromatic carbocycles. The third kappa shape index (κ3) is 3.57. The summed E-state index contributed by atoms with van der Waals surface area (Å²) in [7, 11) is 0.